The summed E-state index contributed by atoms with van der Waals surface area (Å²) in [6.07, 6.45) is 5.88. The van der Waals surface area contributed by atoms with Crippen molar-refractivity contribution in [1.29, 1.82) is 0 Å². The van der Waals surface area contributed by atoms with E-state index in [4.69, 9.17) is 19.4 Å². The number of rotatable bonds is 10. The summed E-state index contributed by atoms with van der Waals surface area (Å²) in [4.78, 5) is 12.4. The number of hydrogen-bond acceptors (Lipinski definition) is 6. The Morgan fingerprint density at radius 2 is 1.83 bits per heavy atom. The lowest BCUT2D eigenvalue weighted by Crippen LogP contribution is -2.54. The SMILES string of the molecule is C=Cc1c(OC)ccc2nc(Cc3cc(OCc4ccccc4C)nc4ccccc34)cc([C@@H](O)[C@@H]3CC4CCN3C[C@@H]4C=C)c12. The van der Waals surface area contributed by atoms with Crippen molar-refractivity contribution in [2.75, 3.05) is 20.2 Å². The van der Waals surface area contributed by atoms with Crippen LogP contribution in [0.4, 0.5) is 0 Å². The summed E-state index contributed by atoms with van der Waals surface area (Å²) in [7, 11) is 1.67. The highest BCUT2D eigenvalue weighted by atomic mass is 16.5. The van der Waals surface area contributed by atoms with Crippen molar-refractivity contribution in [2.24, 2.45) is 11.8 Å². The van der Waals surface area contributed by atoms with Crippen LogP contribution in [0.5, 0.6) is 11.6 Å². The molecule has 3 aliphatic heterocycles. The molecule has 1 N–H and O–H groups in total. The quantitative estimate of drug-likeness (QED) is 0.162. The largest absolute Gasteiger partial charge is 0.496 e. The Hall–Kier alpha value is -4.52. The van der Waals surface area contributed by atoms with E-state index in [1.807, 2.05) is 54.6 Å². The van der Waals surface area contributed by atoms with Crippen molar-refractivity contribution in [2.45, 2.75) is 44.9 Å². The molecule has 3 aromatic carbocycles. The highest BCUT2D eigenvalue weighted by Gasteiger charge is 2.42. The van der Waals surface area contributed by atoms with E-state index in [0.717, 1.165) is 81.4 Å². The van der Waals surface area contributed by atoms with Crippen molar-refractivity contribution in [1.82, 2.24) is 14.9 Å². The first-order valence-corrected chi connectivity index (χ1v) is 16.2. The second-order valence-corrected chi connectivity index (χ2v) is 12.7. The smallest absolute Gasteiger partial charge is 0.214 e. The Balaban J connectivity index is 1.30. The van der Waals surface area contributed by atoms with Crippen molar-refractivity contribution >= 4 is 27.9 Å². The number of aryl methyl sites for hydroxylation is 1. The highest BCUT2D eigenvalue weighted by Crippen LogP contribution is 2.43. The summed E-state index contributed by atoms with van der Waals surface area (Å²) in [5.41, 5.74) is 7.69. The summed E-state index contributed by atoms with van der Waals surface area (Å²) < 4.78 is 12.0. The van der Waals surface area contributed by atoms with Gasteiger partial charge in [0.05, 0.1) is 24.2 Å². The van der Waals surface area contributed by atoms with Gasteiger partial charge in [0.15, 0.2) is 0 Å². The lowest BCUT2D eigenvalue weighted by Gasteiger charge is -2.50. The molecule has 8 rings (SSSR count). The zero-order chi connectivity index (χ0) is 31.8. The molecule has 0 spiro atoms. The normalized spacial score (nSPS) is 21.3. The van der Waals surface area contributed by atoms with E-state index in [1.54, 1.807) is 7.11 Å². The summed E-state index contributed by atoms with van der Waals surface area (Å²) in [5.74, 6) is 2.33. The minimum Gasteiger partial charge on any atom is -0.496 e. The molecule has 0 radical (unpaired) electrons. The number of aromatic nitrogens is 2. The third-order valence-corrected chi connectivity index (χ3v) is 10.1. The molecule has 5 atom stereocenters. The molecule has 0 saturated carbocycles. The van der Waals surface area contributed by atoms with Gasteiger partial charge in [-0.05, 0) is 84.7 Å². The van der Waals surface area contributed by atoms with Crippen LogP contribution in [0.2, 0.25) is 0 Å². The fraction of sp³-hybridized carbons (Fsp3) is 0.300. The number of pyridine rings is 2. The van der Waals surface area contributed by atoms with Gasteiger partial charge < -0.3 is 14.6 Å². The summed E-state index contributed by atoms with van der Waals surface area (Å²) in [5, 5.41) is 14.2. The van der Waals surface area contributed by atoms with Gasteiger partial charge in [-0.1, -0.05) is 61.2 Å². The molecule has 3 fully saturated rings. The second kappa shape index (κ2) is 12.7. The van der Waals surface area contributed by atoms with E-state index in [0.29, 0.717) is 30.7 Å². The van der Waals surface area contributed by atoms with Gasteiger partial charge in [0.1, 0.15) is 12.4 Å². The van der Waals surface area contributed by atoms with E-state index >= 15 is 0 Å². The fourth-order valence-corrected chi connectivity index (χ4v) is 7.60. The first-order valence-electron chi connectivity index (χ1n) is 16.2. The van der Waals surface area contributed by atoms with Crippen LogP contribution < -0.4 is 9.47 Å². The van der Waals surface area contributed by atoms with Gasteiger partial charge in [-0.25, -0.2) is 4.98 Å². The summed E-state index contributed by atoms with van der Waals surface area (Å²) in [6, 6.07) is 24.5. The van der Waals surface area contributed by atoms with Gasteiger partial charge in [-0.2, -0.15) is 0 Å². The van der Waals surface area contributed by atoms with Crippen molar-refractivity contribution < 1.29 is 14.6 Å². The van der Waals surface area contributed by atoms with Crippen LogP contribution in [0.25, 0.3) is 27.9 Å². The lowest BCUT2D eigenvalue weighted by molar-refractivity contribution is -0.0445. The molecular formula is C40H41N3O3. The molecule has 0 amide bonds. The number of ether oxygens (including phenoxy) is 2. The Kier molecular flexibility index (Phi) is 8.33. The average Bonchev–Trinajstić information content (AvgIpc) is 3.10. The molecule has 2 aromatic heterocycles. The van der Waals surface area contributed by atoms with Crippen molar-refractivity contribution in [3.63, 3.8) is 0 Å². The average molecular weight is 612 g/mol. The Bertz CT molecular complexity index is 1940. The molecule has 46 heavy (non-hydrogen) atoms. The second-order valence-electron chi connectivity index (χ2n) is 12.7. The van der Waals surface area contributed by atoms with Crippen molar-refractivity contribution in [3.8, 4) is 11.6 Å². The molecule has 5 heterocycles. The number of benzene rings is 3. The monoisotopic (exact) mass is 611 g/mol. The predicted molar refractivity (Wildman–Crippen MR) is 185 cm³/mol. The van der Waals surface area contributed by atoms with E-state index in [-0.39, 0.29) is 6.04 Å². The van der Waals surface area contributed by atoms with Gasteiger partial charge in [-0.3, -0.25) is 9.88 Å². The molecule has 6 nitrogen and oxygen atoms in total. The van der Waals surface area contributed by atoms with Gasteiger partial charge in [0, 0.05) is 47.1 Å². The van der Waals surface area contributed by atoms with Crippen LogP contribution in [-0.2, 0) is 13.0 Å². The van der Waals surface area contributed by atoms with Crippen LogP contribution >= 0.6 is 0 Å². The Morgan fingerprint density at radius 1 is 1.00 bits per heavy atom. The number of fused-ring (bicyclic) bond motifs is 5. The number of para-hydroxylation sites is 1. The first kappa shape index (κ1) is 30.2. The van der Waals surface area contributed by atoms with Gasteiger partial charge in [0.25, 0.3) is 0 Å². The zero-order valence-electron chi connectivity index (χ0n) is 26.7. The minimum atomic E-state index is -0.689. The van der Waals surface area contributed by atoms with Crippen LogP contribution in [0.15, 0.2) is 92.0 Å². The van der Waals surface area contributed by atoms with E-state index in [9.17, 15) is 5.11 Å². The maximum Gasteiger partial charge on any atom is 0.214 e. The zero-order valence-corrected chi connectivity index (χ0v) is 26.7. The molecule has 6 heteroatoms. The summed E-state index contributed by atoms with van der Waals surface area (Å²) >= 11 is 0. The van der Waals surface area contributed by atoms with Crippen LogP contribution in [0.3, 0.4) is 0 Å². The number of nitrogens with zero attached hydrogens (tertiary/aromatic N) is 3. The van der Waals surface area contributed by atoms with E-state index < -0.39 is 6.10 Å². The van der Waals surface area contributed by atoms with Crippen LogP contribution in [0, 0.1) is 18.8 Å². The number of hydrogen-bond donors (Lipinski definition) is 1. The first-order chi connectivity index (χ1) is 22.5. The third kappa shape index (κ3) is 5.57. The third-order valence-electron chi connectivity index (χ3n) is 10.1. The minimum absolute atomic E-state index is 0.0282. The number of piperidine rings is 3. The van der Waals surface area contributed by atoms with Gasteiger partial charge in [0.2, 0.25) is 5.88 Å². The number of methoxy groups -OCH3 is 1. The van der Waals surface area contributed by atoms with E-state index in [1.165, 1.54) is 5.56 Å². The Labute approximate surface area is 271 Å². The molecule has 2 unspecified atom stereocenters. The number of aliphatic hydroxyl groups excluding tert-OH is 1. The maximum atomic E-state index is 12.2. The maximum absolute atomic E-state index is 12.2. The lowest BCUT2D eigenvalue weighted by atomic mass is 9.73. The van der Waals surface area contributed by atoms with Crippen molar-refractivity contribution in [3.05, 3.63) is 126 Å². The molecule has 3 saturated heterocycles. The molecule has 0 aliphatic carbocycles. The van der Waals surface area contributed by atoms with E-state index in [2.05, 4.69) is 55.3 Å². The Morgan fingerprint density at radius 3 is 2.59 bits per heavy atom. The summed E-state index contributed by atoms with van der Waals surface area (Å²) in [6.45, 7) is 12.7. The van der Waals surface area contributed by atoms with Gasteiger partial charge >= 0.3 is 0 Å². The molecule has 3 aliphatic rings. The number of aliphatic hydroxyl groups is 1. The molecule has 5 aromatic rings. The van der Waals surface area contributed by atoms with Crippen LogP contribution in [0.1, 0.15) is 52.5 Å². The fourth-order valence-electron chi connectivity index (χ4n) is 7.60. The predicted octanol–water partition coefficient (Wildman–Crippen LogP) is 7.84. The van der Waals surface area contributed by atoms with Gasteiger partial charge in [-0.15, -0.1) is 6.58 Å². The highest BCUT2D eigenvalue weighted by molar-refractivity contribution is 5.94. The van der Waals surface area contributed by atoms with Crippen LogP contribution in [-0.4, -0.2) is 46.2 Å². The topological polar surface area (TPSA) is 67.7 Å². The standard InChI is InChI=1S/C40H41N3O3/c1-5-26-23-43-18-17-27(26)20-36(43)40(44)33-22-30(41-35-15-16-37(45-4)31(6-2)39(33)35)19-29-21-38(42-34-14-10-9-13-32(29)34)46-24-28-12-8-7-11-25(28)3/h5-16,21-22,26-27,36,40,44H,1-2,17-20,23-24H2,3-4H3/t26-,27?,36-,40+/m0/s1. The molecule has 2 bridgehead atoms. The molecular weight excluding hydrogens is 570 g/mol. The molecule has 234 valence electrons.